The lowest BCUT2D eigenvalue weighted by molar-refractivity contribution is 1.18. The van der Waals surface area contributed by atoms with E-state index in [4.69, 9.17) is 19.2 Å². The zero-order valence-electron chi connectivity index (χ0n) is 30.3. The van der Waals surface area contributed by atoms with Gasteiger partial charge in [-0.15, -0.1) is 0 Å². The molecule has 0 aliphatic heterocycles. The predicted molar refractivity (Wildman–Crippen MR) is 136 cm³/mol. The topological polar surface area (TPSA) is 20.7 Å². The van der Waals surface area contributed by atoms with Crippen molar-refractivity contribution >= 4 is 43.6 Å². The largest absolute Gasteiger partial charge is 0.354 e. The number of nitrogens with zero attached hydrogens (tertiary/aromatic N) is 1. The quantitative estimate of drug-likeness (QED) is 0.291. The van der Waals surface area contributed by atoms with Gasteiger partial charge in [0, 0.05) is 43.9 Å². The van der Waals surface area contributed by atoms with Crippen LogP contribution in [0.3, 0.4) is 0 Å². The Hall–Kier alpha value is -4.30. The van der Waals surface area contributed by atoms with E-state index < -0.39 is 84.6 Å². The molecule has 0 saturated carbocycles. The van der Waals surface area contributed by atoms with Gasteiger partial charge in [0.1, 0.15) is 0 Å². The van der Waals surface area contributed by atoms with Crippen LogP contribution in [0.1, 0.15) is 19.2 Å². The molecule has 0 unspecified atom stereocenters. The van der Waals surface area contributed by atoms with Crippen molar-refractivity contribution < 1.29 is 19.2 Å². The summed E-state index contributed by atoms with van der Waals surface area (Å²) in [6, 6.07) is 1.03. The van der Waals surface area contributed by atoms with Crippen LogP contribution in [-0.2, 0) is 0 Å². The van der Waals surface area contributed by atoms with Crippen molar-refractivity contribution in [3.05, 3.63) is 115 Å². The SMILES string of the molecule is [2H]c1c([2H])c([2H])c2c([nH]c3c(-c4c([2H])c([2H])c([2H])c5c6c([2H])c([2H])c([2H])c([2H])c6n(-c6ccccc6)c45)c([2H])c([2H])c([2H])c32)c1[2H]. The molecule has 0 fully saturated rings. The summed E-state index contributed by atoms with van der Waals surface area (Å²) in [6.07, 6.45) is 0. The van der Waals surface area contributed by atoms with Gasteiger partial charge in [-0.05, 0) is 24.2 Å². The molecular weight excluding hydrogens is 388 g/mol. The fourth-order valence-electron chi connectivity index (χ4n) is 4.21. The maximum absolute atomic E-state index is 9.14. The number of fused-ring (bicyclic) bond motifs is 6. The van der Waals surface area contributed by atoms with Gasteiger partial charge in [-0.3, -0.25) is 0 Å². The summed E-state index contributed by atoms with van der Waals surface area (Å²) in [5.41, 5.74) is -0.189. The van der Waals surface area contributed by atoms with E-state index in [9.17, 15) is 0 Å². The van der Waals surface area contributed by atoms with Gasteiger partial charge in [0.15, 0.2) is 0 Å². The van der Waals surface area contributed by atoms with Gasteiger partial charge in [-0.1, -0.05) is 90.7 Å². The molecule has 0 bridgehead atoms. The molecule has 32 heavy (non-hydrogen) atoms. The van der Waals surface area contributed by atoms with Crippen molar-refractivity contribution in [1.82, 2.24) is 9.55 Å². The number of benzene rings is 5. The monoisotopic (exact) mass is 422 g/mol. The van der Waals surface area contributed by atoms with Gasteiger partial charge in [0.25, 0.3) is 0 Å². The van der Waals surface area contributed by atoms with Crippen LogP contribution in [0.15, 0.2) is 115 Å². The fourth-order valence-corrected chi connectivity index (χ4v) is 4.21. The van der Waals surface area contributed by atoms with Crippen LogP contribution in [0.4, 0.5) is 0 Å². The van der Waals surface area contributed by atoms with Crippen LogP contribution < -0.4 is 0 Å². The number of para-hydroxylation sites is 5. The van der Waals surface area contributed by atoms with Crippen molar-refractivity contribution in [2.24, 2.45) is 0 Å². The van der Waals surface area contributed by atoms with Crippen molar-refractivity contribution in [3.63, 3.8) is 0 Å². The maximum Gasteiger partial charge on any atom is 0.0645 e. The number of H-pyrrole nitrogens is 1. The highest BCUT2D eigenvalue weighted by atomic mass is 15.0. The van der Waals surface area contributed by atoms with Gasteiger partial charge >= 0.3 is 0 Å². The van der Waals surface area contributed by atoms with Crippen molar-refractivity contribution in [2.45, 2.75) is 0 Å². The zero-order valence-corrected chi connectivity index (χ0v) is 16.3. The van der Waals surface area contributed by atoms with E-state index in [0.29, 0.717) is 5.69 Å². The minimum Gasteiger partial charge on any atom is -0.354 e. The van der Waals surface area contributed by atoms with E-state index in [0.717, 1.165) is 0 Å². The maximum atomic E-state index is 9.14. The van der Waals surface area contributed by atoms with Crippen LogP contribution in [0.5, 0.6) is 0 Å². The smallest absolute Gasteiger partial charge is 0.0645 e. The molecule has 2 aromatic heterocycles. The summed E-state index contributed by atoms with van der Waals surface area (Å²) in [4.78, 5) is 2.92. The Morgan fingerprint density at radius 1 is 0.594 bits per heavy atom. The molecule has 0 aliphatic carbocycles. The van der Waals surface area contributed by atoms with E-state index >= 15 is 0 Å². The van der Waals surface area contributed by atoms with Crippen LogP contribution >= 0.6 is 0 Å². The Bertz CT molecular complexity index is 2520. The van der Waals surface area contributed by atoms with E-state index in [-0.39, 0.29) is 54.7 Å². The molecule has 2 heterocycles. The van der Waals surface area contributed by atoms with E-state index in [1.807, 2.05) is 0 Å². The third kappa shape index (κ3) is 2.35. The van der Waals surface area contributed by atoms with Crippen LogP contribution in [0.2, 0.25) is 0 Å². The second kappa shape index (κ2) is 6.60. The molecule has 1 N–H and O–H groups in total. The van der Waals surface area contributed by atoms with Gasteiger partial charge in [-0.2, -0.15) is 0 Å². The Morgan fingerprint density at radius 3 is 2.16 bits per heavy atom. The molecular formula is C30H20N2. The molecule has 7 aromatic rings. The van der Waals surface area contributed by atoms with E-state index in [2.05, 4.69) is 4.98 Å². The first-order chi connectivity index (χ1) is 21.7. The zero-order chi connectivity index (χ0) is 33.3. The number of aromatic amines is 1. The molecule has 0 radical (unpaired) electrons. The molecule has 0 aliphatic rings. The standard InChI is InChI=1S/C30H20N2/c1-2-10-20(11-3-1)32-28-19-7-5-13-22(28)25-16-9-17-26(30(25)32)24-15-8-14-23-21-12-4-6-18-27(21)31-29(23)24/h1-19,31H/i4D,5D,6D,7D,8D,9D,12D,13D,14D,15D,16D,17D,18D,19D. The molecule has 0 atom stereocenters. The van der Waals surface area contributed by atoms with Crippen molar-refractivity contribution in [1.29, 1.82) is 0 Å². The predicted octanol–water partition coefficient (Wildman–Crippen LogP) is 8.09. The summed E-state index contributed by atoms with van der Waals surface area (Å²) >= 11 is 0. The summed E-state index contributed by atoms with van der Waals surface area (Å²) in [5, 5.41) is -0.350. The van der Waals surface area contributed by atoms with Crippen LogP contribution in [0.25, 0.3) is 60.4 Å². The Kier molecular flexibility index (Phi) is 1.79. The molecule has 7 rings (SSSR count). The van der Waals surface area contributed by atoms with Gasteiger partial charge in [0.2, 0.25) is 0 Å². The fraction of sp³-hybridized carbons (Fsp3) is 0. The average molecular weight is 423 g/mol. The molecule has 0 spiro atoms. The number of hydrogen-bond donors (Lipinski definition) is 1. The molecule has 5 aromatic carbocycles. The molecule has 0 amide bonds. The summed E-state index contributed by atoms with van der Waals surface area (Å²) in [6.45, 7) is 0. The summed E-state index contributed by atoms with van der Waals surface area (Å²) < 4.78 is 123. The number of rotatable bonds is 2. The highest BCUT2D eigenvalue weighted by molar-refractivity contribution is 6.18. The first-order valence-corrected chi connectivity index (χ1v) is 9.83. The Morgan fingerprint density at radius 2 is 1.28 bits per heavy atom. The molecule has 2 heteroatoms. The Labute approximate surface area is 205 Å². The number of nitrogens with one attached hydrogen (secondary N) is 1. The van der Waals surface area contributed by atoms with Crippen molar-refractivity contribution in [3.8, 4) is 16.8 Å². The van der Waals surface area contributed by atoms with E-state index in [1.165, 1.54) is 4.57 Å². The average Bonchev–Trinajstić information content (AvgIpc) is 3.62. The van der Waals surface area contributed by atoms with Crippen molar-refractivity contribution in [2.75, 3.05) is 0 Å². The lowest BCUT2D eigenvalue weighted by Crippen LogP contribution is -1.95. The summed E-state index contributed by atoms with van der Waals surface area (Å²) in [7, 11) is 0. The first-order valence-electron chi connectivity index (χ1n) is 16.8. The third-order valence-electron chi connectivity index (χ3n) is 5.54. The highest BCUT2D eigenvalue weighted by Gasteiger charge is 2.18. The molecule has 150 valence electrons. The third-order valence-corrected chi connectivity index (χ3v) is 5.54. The normalized spacial score (nSPS) is 17.9. The van der Waals surface area contributed by atoms with Crippen LogP contribution in [0, 0.1) is 0 Å². The van der Waals surface area contributed by atoms with Gasteiger partial charge in [0.05, 0.1) is 35.7 Å². The van der Waals surface area contributed by atoms with Crippen LogP contribution in [-0.4, -0.2) is 9.55 Å². The lowest BCUT2D eigenvalue weighted by Gasteiger charge is -2.12. The van der Waals surface area contributed by atoms with E-state index in [1.54, 1.807) is 30.3 Å². The minimum atomic E-state index is -0.614. The minimum absolute atomic E-state index is 0.00987. The molecule has 0 saturated heterocycles. The van der Waals surface area contributed by atoms with Gasteiger partial charge < -0.3 is 9.55 Å². The second-order valence-corrected chi connectivity index (χ2v) is 7.24. The number of hydrogen-bond acceptors (Lipinski definition) is 0. The first kappa shape index (κ1) is 8.68. The highest BCUT2D eigenvalue weighted by Crippen LogP contribution is 2.40. The lowest BCUT2D eigenvalue weighted by atomic mass is 9.99. The second-order valence-electron chi connectivity index (χ2n) is 7.24. The summed E-state index contributed by atoms with van der Waals surface area (Å²) in [5.74, 6) is 0. The number of aromatic nitrogens is 2. The molecule has 2 nitrogen and oxygen atoms in total. The van der Waals surface area contributed by atoms with Gasteiger partial charge in [-0.25, -0.2) is 0 Å². The Balaban J connectivity index is 1.86.